The van der Waals surface area contributed by atoms with Crippen molar-refractivity contribution < 1.29 is 17.6 Å². The van der Waals surface area contributed by atoms with Gasteiger partial charge in [0.25, 0.3) is 0 Å². The van der Waals surface area contributed by atoms with Crippen LogP contribution >= 0.6 is 11.3 Å². The van der Waals surface area contributed by atoms with Crippen molar-refractivity contribution in [3.8, 4) is 0 Å². The number of benzene rings is 1. The average molecular weight is 385 g/mol. The molecule has 0 radical (unpaired) electrons. The van der Waals surface area contributed by atoms with Gasteiger partial charge in [0.2, 0.25) is 15.9 Å². The Bertz CT molecular complexity index is 833. The maximum absolute atomic E-state index is 13.1. The Morgan fingerprint density at radius 1 is 1.32 bits per heavy atom. The number of anilines is 1. The quantitative estimate of drug-likeness (QED) is 0.795. The van der Waals surface area contributed by atoms with Crippen molar-refractivity contribution in [3.63, 3.8) is 0 Å². The second kappa shape index (κ2) is 8.03. The highest BCUT2D eigenvalue weighted by molar-refractivity contribution is 7.89. The molecule has 0 aliphatic carbocycles. The first-order valence-corrected chi connectivity index (χ1v) is 9.92. The van der Waals surface area contributed by atoms with Crippen molar-refractivity contribution in [3.05, 3.63) is 41.2 Å². The summed E-state index contributed by atoms with van der Waals surface area (Å²) in [5.74, 6) is -0.975. The molecule has 6 nitrogen and oxygen atoms in total. The number of aromatic nitrogens is 1. The van der Waals surface area contributed by atoms with E-state index in [-0.39, 0.29) is 23.9 Å². The number of aryl methyl sites for hydroxylation is 1. The summed E-state index contributed by atoms with van der Waals surface area (Å²) >= 11 is 1.31. The number of thiazole rings is 1. The highest BCUT2D eigenvalue weighted by atomic mass is 32.2. The highest BCUT2D eigenvalue weighted by Crippen LogP contribution is 2.19. The number of nitrogens with one attached hydrogen (secondary N) is 1. The lowest BCUT2D eigenvalue weighted by molar-refractivity contribution is -0.116. The number of rotatable bonds is 7. The standard InChI is InChI=1S/C16H20FN3O3S2/c1-11(2)9-20(10-15(21)19-16-18-8-12(3)24-16)25(22,23)14-6-4-13(17)5-7-14/h4-8,11H,9-10H2,1-3H3,(H,18,19,21). The molecule has 2 rings (SSSR count). The minimum atomic E-state index is -3.91. The molecule has 1 N–H and O–H groups in total. The predicted molar refractivity (Wildman–Crippen MR) is 95.5 cm³/mol. The number of halogens is 1. The maximum atomic E-state index is 13.1. The topological polar surface area (TPSA) is 79.4 Å². The van der Waals surface area contributed by atoms with E-state index in [9.17, 15) is 17.6 Å². The Balaban J connectivity index is 2.19. The zero-order valence-corrected chi connectivity index (χ0v) is 15.8. The normalized spacial score (nSPS) is 11.9. The highest BCUT2D eigenvalue weighted by Gasteiger charge is 2.27. The third-order valence-electron chi connectivity index (χ3n) is 3.21. The Morgan fingerprint density at radius 3 is 2.48 bits per heavy atom. The molecule has 0 aliphatic rings. The van der Waals surface area contributed by atoms with E-state index in [2.05, 4.69) is 10.3 Å². The van der Waals surface area contributed by atoms with Crippen LogP contribution < -0.4 is 5.32 Å². The smallest absolute Gasteiger partial charge is 0.243 e. The molecule has 0 saturated carbocycles. The number of carbonyl (C=O) groups is 1. The van der Waals surface area contributed by atoms with Gasteiger partial charge in [-0.25, -0.2) is 17.8 Å². The summed E-state index contributed by atoms with van der Waals surface area (Å²) < 4.78 is 39.7. The Hall–Kier alpha value is -1.84. The zero-order valence-electron chi connectivity index (χ0n) is 14.2. The van der Waals surface area contributed by atoms with Gasteiger partial charge < -0.3 is 5.32 Å². The van der Waals surface area contributed by atoms with Crippen molar-refractivity contribution in [2.75, 3.05) is 18.4 Å². The second-order valence-corrected chi connectivity index (χ2v) is 9.14. The summed E-state index contributed by atoms with van der Waals surface area (Å²) in [5.41, 5.74) is 0. The van der Waals surface area contributed by atoms with Gasteiger partial charge in [0.05, 0.1) is 11.4 Å². The Labute approximate surface area is 150 Å². The van der Waals surface area contributed by atoms with E-state index < -0.39 is 21.7 Å². The van der Waals surface area contributed by atoms with Gasteiger partial charge in [-0.05, 0) is 37.1 Å². The average Bonchev–Trinajstić information content (AvgIpc) is 2.91. The van der Waals surface area contributed by atoms with Gasteiger partial charge in [0.1, 0.15) is 5.82 Å². The minimum absolute atomic E-state index is 0.0186. The van der Waals surface area contributed by atoms with Crippen LogP contribution in [0.1, 0.15) is 18.7 Å². The number of carbonyl (C=O) groups excluding carboxylic acids is 1. The van der Waals surface area contributed by atoms with E-state index in [1.165, 1.54) is 23.5 Å². The van der Waals surface area contributed by atoms with Crippen LogP contribution in [0.5, 0.6) is 0 Å². The second-order valence-electron chi connectivity index (χ2n) is 5.97. The first-order valence-electron chi connectivity index (χ1n) is 7.66. The van der Waals surface area contributed by atoms with Gasteiger partial charge >= 0.3 is 0 Å². The summed E-state index contributed by atoms with van der Waals surface area (Å²) in [5, 5.41) is 3.02. The number of sulfonamides is 1. The van der Waals surface area contributed by atoms with Crippen LogP contribution in [-0.2, 0) is 14.8 Å². The molecule has 1 aromatic heterocycles. The molecule has 136 valence electrons. The monoisotopic (exact) mass is 385 g/mol. The van der Waals surface area contributed by atoms with Crippen LogP contribution in [0, 0.1) is 18.7 Å². The largest absolute Gasteiger partial charge is 0.301 e. The van der Waals surface area contributed by atoms with Gasteiger partial charge in [0, 0.05) is 17.6 Å². The van der Waals surface area contributed by atoms with Crippen LogP contribution in [0.15, 0.2) is 35.4 Å². The van der Waals surface area contributed by atoms with E-state index in [0.717, 1.165) is 21.3 Å². The number of amides is 1. The molecule has 0 bridgehead atoms. The van der Waals surface area contributed by atoms with Gasteiger partial charge in [-0.2, -0.15) is 4.31 Å². The van der Waals surface area contributed by atoms with Crippen molar-refractivity contribution in [2.24, 2.45) is 5.92 Å². The van der Waals surface area contributed by atoms with Crippen LogP contribution in [0.4, 0.5) is 9.52 Å². The lowest BCUT2D eigenvalue weighted by Gasteiger charge is -2.23. The van der Waals surface area contributed by atoms with Crippen LogP contribution in [0.2, 0.25) is 0 Å². The van der Waals surface area contributed by atoms with E-state index in [1.54, 1.807) is 6.20 Å². The Kier molecular flexibility index (Phi) is 6.26. The first-order chi connectivity index (χ1) is 11.7. The molecule has 1 heterocycles. The number of hydrogen-bond donors (Lipinski definition) is 1. The van der Waals surface area contributed by atoms with E-state index in [0.29, 0.717) is 5.13 Å². The Morgan fingerprint density at radius 2 is 1.96 bits per heavy atom. The fourth-order valence-corrected chi connectivity index (χ4v) is 4.38. The molecule has 0 aliphatic heterocycles. The van der Waals surface area contributed by atoms with E-state index in [1.807, 2.05) is 20.8 Å². The van der Waals surface area contributed by atoms with Crippen molar-refractivity contribution >= 4 is 32.4 Å². The van der Waals surface area contributed by atoms with Gasteiger partial charge in [-0.15, -0.1) is 11.3 Å². The number of hydrogen-bond acceptors (Lipinski definition) is 5. The lowest BCUT2D eigenvalue weighted by atomic mass is 10.2. The molecule has 1 aromatic carbocycles. The first kappa shape index (κ1) is 19.5. The van der Waals surface area contributed by atoms with Crippen LogP contribution in [-0.4, -0.2) is 36.7 Å². The zero-order chi connectivity index (χ0) is 18.6. The minimum Gasteiger partial charge on any atom is -0.301 e. The molecule has 1 amide bonds. The lowest BCUT2D eigenvalue weighted by Crippen LogP contribution is -2.40. The van der Waals surface area contributed by atoms with Crippen molar-refractivity contribution in [1.29, 1.82) is 0 Å². The van der Waals surface area contributed by atoms with E-state index >= 15 is 0 Å². The van der Waals surface area contributed by atoms with Gasteiger partial charge in [-0.1, -0.05) is 13.8 Å². The van der Waals surface area contributed by atoms with Crippen LogP contribution in [0.3, 0.4) is 0 Å². The maximum Gasteiger partial charge on any atom is 0.243 e. The van der Waals surface area contributed by atoms with Gasteiger partial charge in [-0.3, -0.25) is 4.79 Å². The van der Waals surface area contributed by atoms with Crippen LogP contribution in [0.25, 0.3) is 0 Å². The molecular weight excluding hydrogens is 365 g/mol. The fourth-order valence-electron chi connectivity index (χ4n) is 2.14. The SMILES string of the molecule is Cc1cnc(NC(=O)CN(CC(C)C)S(=O)(=O)c2ccc(F)cc2)s1. The molecule has 0 unspecified atom stereocenters. The fraction of sp³-hybridized carbons (Fsp3) is 0.375. The molecule has 0 saturated heterocycles. The summed E-state index contributed by atoms with van der Waals surface area (Å²) in [7, 11) is -3.91. The van der Waals surface area contributed by atoms with Gasteiger partial charge in [0.15, 0.2) is 5.13 Å². The molecule has 2 aromatic rings. The summed E-state index contributed by atoms with van der Waals surface area (Å²) in [6.07, 6.45) is 1.63. The predicted octanol–water partition coefficient (Wildman–Crippen LogP) is 2.88. The molecule has 0 fully saturated rings. The summed E-state index contributed by atoms with van der Waals surface area (Å²) in [6, 6.07) is 4.55. The number of nitrogens with zero attached hydrogens (tertiary/aromatic N) is 2. The molecule has 25 heavy (non-hydrogen) atoms. The van der Waals surface area contributed by atoms with Crippen molar-refractivity contribution in [2.45, 2.75) is 25.7 Å². The third-order valence-corrected chi connectivity index (χ3v) is 5.86. The third kappa shape index (κ3) is 5.32. The summed E-state index contributed by atoms with van der Waals surface area (Å²) in [4.78, 5) is 17.2. The van der Waals surface area contributed by atoms with Crippen molar-refractivity contribution in [1.82, 2.24) is 9.29 Å². The molecular formula is C16H20FN3O3S2. The molecule has 0 atom stereocenters. The summed E-state index contributed by atoms with van der Waals surface area (Å²) in [6.45, 7) is 5.41. The molecule has 9 heteroatoms. The molecule has 0 spiro atoms. The van der Waals surface area contributed by atoms with E-state index in [4.69, 9.17) is 0 Å².